The number of nitriles is 1. The highest BCUT2D eigenvalue weighted by Gasteiger charge is 2.03. The second kappa shape index (κ2) is 7.96. The highest BCUT2D eigenvalue weighted by molar-refractivity contribution is 5.45. The predicted molar refractivity (Wildman–Crippen MR) is 85.6 cm³/mol. The Morgan fingerprint density at radius 3 is 2.62 bits per heavy atom. The van der Waals surface area contributed by atoms with Crippen LogP contribution in [0.1, 0.15) is 18.9 Å². The number of anilines is 1. The van der Waals surface area contributed by atoms with Crippen molar-refractivity contribution in [3.8, 4) is 11.8 Å². The Hall–Kier alpha value is -2.47. The molecule has 0 atom stereocenters. The summed E-state index contributed by atoms with van der Waals surface area (Å²) in [7, 11) is 0. The zero-order chi connectivity index (χ0) is 14.9. The van der Waals surface area contributed by atoms with Gasteiger partial charge in [-0.2, -0.15) is 5.26 Å². The van der Waals surface area contributed by atoms with Crippen LogP contribution in [0.15, 0.2) is 54.6 Å². The van der Waals surface area contributed by atoms with E-state index in [1.807, 2.05) is 18.2 Å². The molecule has 2 aromatic rings. The minimum atomic E-state index is 0.631. The molecule has 108 valence electrons. The van der Waals surface area contributed by atoms with Gasteiger partial charge in [-0.25, -0.2) is 0 Å². The van der Waals surface area contributed by atoms with Crippen molar-refractivity contribution in [1.82, 2.24) is 0 Å². The van der Waals surface area contributed by atoms with Crippen molar-refractivity contribution >= 4 is 5.69 Å². The molecule has 0 radical (unpaired) electrons. The molecule has 2 rings (SSSR count). The minimum Gasteiger partial charge on any atom is -0.493 e. The lowest BCUT2D eigenvalue weighted by molar-refractivity contribution is 0.312. The van der Waals surface area contributed by atoms with Crippen molar-refractivity contribution in [2.24, 2.45) is 0 Å². The zero-order valence-corrected chi connectivity index (χ0v) is 12.3. The van der Waals surface area contributed by atoms with E-state index in [9.17, 15) is 0 Å². The molecule has 0 saturated heterocycles. The highest BCUT2D eigenvalue weighted by Crippen LogP contribution is 2.15. The van der Waals surface area contributed by atoms with Crippen molar-refractivity contribution in [3.63, 3.8) is 0 Å². The Bertz CT molecular complexity index is 590. The van der Waals surface area contributed by atoms with Crippen molar-refractivity contribution in [3.05, 3.63) is 60.2 Å². The molecule has 0 aromatic heterocycles. The van der Waals surface area contributed by atoms with E-state index in [0.29, 0.717) is 12.2 Å². The van der Waals surface area contributed by atoms with E-state index in [0.717, 1.165) is 25.3 Å². The summed E-state index contributed by atoms with van der Waals surface area (Å²) in [6.45, 7) is 4.74. The fourth-order valence-corrected chi connectivity index (χ4v) is 2.21. The van der Waals surface area contributed by atoms with E-state index in [1.54, 1.807) is 12.1 Å². The summed E-state index contributed by atoms with van der Waals surface area (Å²) in [6.07, 6.45) is 0.944. The summed E-state index contributed by atoms with van der Waals surface area (Å²) in [6, 6.07) is 19.8. The number of nitrogens with zero attached hydrogens (tertiary/aromatic N) is 2. The maximum atomic E-state index is 8.85. The molecule has 0 saturated carbocycles. The van der Waals surface area contributed by atoms with Gasteiger partial charge in [0.05, 0.1) is 18.2 Å². The maximum Gasteiger partial charge on any atom is 0.120 e. The van der Waals surface area contributed by atoms with Gasteiger partial charge < -0.3 is 9.64 Å². The summed E-state index contributed by atoms with van der Waals surface area (Å²) in [5.74, 6) is 0.761. The standard InChI is InChI=1S/C18H20N2O/c1-2-20(17-9-4-3-5-10-17)12-7-13-21-18-11-6-8-16(14-18)15-19/h3-6,8-11,14H,2,7,12-13H2,1H3. The van der Waals surface area contributed by atoms with Gasteiger partial charge in [0.2, 0.25) is 0 Å². The number of para-hydroxylation sites is 1. The van der Waals surface area contributed by atoms with Crippen LogP contribution in [0.4, 0.5) is 5.69 Å². The van der Waals surface area contributed by atoms with Crippen LogP contribution in [0.5, 0.6) is 5.75 Å². The Kier molecular flexibility index (Phi) is 5.66. The van der Waals surface area contributed by atoms with Crippen molar-refractivity contribution in [2.45, 2.75) is 13.3 Å². The first kappa shape index (κ1) is 14.9. The van der Waals surface area contributed by atoms with Gasteiger partial charge in [0.1, 0.15) is 5.75 Å². The summed E-state index contributed by atoms with van der Waals surface area (Å²) < 4.78 is 5.70. The number of ether oxygens (including phenoxy) is 1. The van der Waals surface area contributed by atoms with Gasteiger partial charge in [0, 0.05) is 18.8 Å². The fraction of sp³-hybridized carbons (Fsp3) is 0.278. The topological polar surface area (TPSA) is 36.3 Å². The van der Waals surface area contributed by atoms with Gasteiger partial charge in [-0.1, -0.05) is 24.3 Å². The lowest BCUT2D eigenvalue weighted by atomic mass is 10.2. The summed E-state index contributed by atoms with van der Waals surface area (Å²) in [5.41, 5.74) is 1.87. The lowest BCUT2D eigenvalue weighted by Crippen LogP contribution is -2.25. The number of rotatable bonds is 7. The molecule has 0 amide bonds. The van der Waals surface area contributed by atoms with Gasteiger partial charge in [-0.05, 0) is 43.7 Å². The highest BCUT2D eigenvalue weighted by atomic mass is 16.5. The molecular weight excluding hydrogens is 260 g/mol. The molecule has 21 heavy (non-hydrogen) atoms. The largest absolute Gasteiger partial charge is 0.493 e. The quantitative estimate of drug-likeness (QED) is 0.723. The molecule has 0 aliphatic heterocycles. The third kappa shape index (κ3) is 4.54. The first-order valence-electron chi connectivity index (χ1n) is 7.26. The van der Waals surface area contributed by atoms with Gasteiger partial charge in [-0.3, -0.25) is 0 Å². The number of hydrogen-bond acceptors (Lipinski definition) is 3. The smallest absolute Gasteiger partial charge is 0.120 e. The molecule has 0 aliphatic carbocycles. The van der Waals surface area contributed by atoms with Crippen LogP contribution >= 0.6 is 0 Å². The molecule has 0 spiro atoms. The van der Waals surface area contributed by atoms with Crippen molar-refractivity contribution in [1.29, 1.82) is 5.26 Å². The minimum absolute atomic E-state index is 0.631. The van der Waals surface area contributed by atoms with Crippen LogP contribution < -0.4 is 9.64 Å². The predicted octanol–water partition coefficient (Wildman–Crippen LogP) is 3.85. The second-order valence-electron chi connectivity index (χ2n) is 4.76. The Balaban J connectivity index is 1.79. The number of hydrogen-bond donors (Lipinski definition) is 0. The van der Waals surface area contributed by atoms with Gasteiger partial charge >= 0.3 is 0 Å². The van der Waals surface area contributed by atoms with Crippen LogP contribution in [0, 0.1) is 11.3 Å². The summed E-state index contributed by atoms with van der Waals surface area (Å²) in [4.78, 5) is 2.33. The normalized spacial score (nSPS) is 9.90. The second-order valence-corrected chi connectivity index (χ2v) is 4.76. The first-order valence-corrected chi connectivity index (χ1v) is 7.26. The fourth-order valence-electron chi connectivity index (χ4n) is 2.21. The maximum absolute atomic E-state index is 8.85. The summed E-state index contributed by atoms with van der Waals surface area (Å²) in [5, 5.41) is 8.85. The van der Waals surface area contributed by atoms with Crippen LogP contribution in [-0.2, 0) is 0 Å². The molecule has 2 aromatic carbocycles. The van der Waals surface area contributed by atoms with Gasteiger partial charge in [-0.15, -0.1) is 0 Å². The van der Waals surface area contributed by atoms with Crippen LogP contribution in [0.25, 0.3) is 0 Å². The lowest BCUT2D eigenvalue weighted by Gasteiger charge is -2.23. The Labute approximate surface area is 126 Å². The van der Waals surface area contributed by atoms with E-state index >= 15 is 0 Å². The molecule has 3 nitrogen and oxygen atoms in total. The van der Waals surface area contributed by atoms with E-state index in [1.165, 1.54) is 5.69 Å². The molecule has 0 aliphatic rings. The average Bonchev–Trinajstić information content (AvgIpc) is 2.56. The van der Waals surface area contributed by atoms with Gasteiger partial charge in [0.15, 0.2) is 0 Å². The van der Waals surface area contributed by atoms with E-state index in [2.05, 4.69) is 42.2 Å². The molecule has 0 fully saturated rings. The molecule has 0 bridgehead atoms. The van der Waals surface area contributed by atoms with E-state index in [4.69, 9.17) is 10.00 Å². The molecule has 0 unspecified atom stereocenters. The van der Waals surface area contributed by atoms with Gasteiger partial charge in [0.25, 0.3) is 0 Å². The van der Waals surface area contributed by atoms with Crippen molar-refractivity contribution in [2.75, 3.05) is 24.6 Å². The van der Waals surface area contributed by atoms with Crippen LogP contribution in [0.3, 0.4) is 0 Å². The monoisotopic (exact) mass is 280 g/mol. The Morgan fingerprint density at radius 2 is 1.90 bits per heavy atom. The third-order valence-electron chi connectivity index (χ3n) is 3.31. The van der Waals surface area contributed by atoms with Crippen LogP contribution in [0.2, 0.25) is 0 Å². The Morgan fingerprint density at radius 1 is 1.10 bits per heavy atom. The molecule has 0 N–H and O–H groups in total. The van der Waals surface area contributed by atoms with Crippen LogP contribution in [-0.4, -0.2) is 19.7 Å². The molecular formula is C18H20N2O. The zero-order valence-electron chi connectivity index (χ0n) is 12.3. The van der Waals surface area contributed by atoms with Crippen molar-refractivity contribution < 1.29 is 4.74 Å². The molecule has 3 heteroatoms. The first-order chi connectivity index (χ1) is 10.3. The SMILES string of the molecule is CCN(CCCOc1cccc(C#N)c1)c1ccccc1. The number of benzene rings is 2. The van der Waals surface area contributed by atoms with E-state index in [-0.39, 0.29) is 0 Å². The average molecular weight is 280 g/mol. The van der Waals surface area contributed by atoms with E-state index < -0.39 is 0 Å². The third-order valence-corrected chi connectivity index (χ3v) is 3.31. The summed E-state index contributed by atoms with van der Waals surface area (Å²) >= 11 is 0. The molecule has 0 heterocycles.